The minimum Gasteiger partial charge on any atom is -0.444 e. The molecule has 1 amide bonds. The number of carbonyl (C=O) groups excluding carboxylic acids is 1. The zero-order valence-electron chi connectivity index (χ0n) is 16.2. The highest BCUT2D eigenvalue weighted by Crippen LogP contribution is 2.43. The van der Waals surface area contributed by atoms with Crippen molar-refractivity contribution in [2.45, 2.75) is 51.7 Å². The Morgan fingerprint density at radius 1 is 1.32 bits per heavy atom. The van der Waals surface area contributed by atoms with Gasteiger partial charge < -0.3 is 10.1 Å². The molecule has 1 aliphatic carbocycles. The van der Waals surface area contributed by atoms with Crippen LogP contribution in [-0.4, -0.2) is 26.3 Å². The summed E-state index contributed by atoms with van der Waals surface area (Å²) < 4.78 is 8.13. The minimum absolute atomic E-state index is 0.395. The number of ether oxygens (including phenoxy) is 1. The average Bonchev–Trinajstić information content (AvgIpc) is 3.38. The molecule has 0 radical (unpaired) electrons. The number of halogens is 1. The molecular weight excluding hydrogens is 420 g/mol. The molecule has 28 heavy (non-hydrogen) atoms. The summed E-state index contributed by atoms with van der Waals surface area (Å²) in [7, 11) is 0. The number of hydrogen-bond acceptors (Lipinski definition) is 4. The van der Waals surface area contributed by atoms with Gasteiger partial charge in [0.25, 0.3) is 0 Å². The van der Waals surface area contributed by atoms with Gasteiger partial charge in [0.2, 0.25) is 0 Å². The Labute approximate surface area is 172 Å². The Kier molecular flexibility index (Phi) is 4.87. The van der Waals surface area contributed by atoms with E-state index in [1.807, 2.05) is 37.5 Å². The van der Waals surface area contributed by atoms with E-state index in [-0.39, 0.29) is 0 Å². The smallest absolute Gasteiger partial charge is 0.407 e. The van der Waals surface area contributed by atoms with Crippen LogP contribution in [0.15, 0.2) is 41.3 Å². The van der Waals surface area contributed by atoms with Crippen LogP contribution in [0.5, 0.6) is 0 Å². The summed E-state index contributed by atoms with van der Waals surface area (Å²) in [4.78, 5) is 16.5. The fraction of sp³-hybridized carbons (Fsp3) is 0.381. The van der Waals surface area contributed by atoms with Crippen molar-refractivity contribution in [1.29, 1.82) is 0 Å². The molecule has 7 heteroatoms. The molecule has 0 saturated heterocycles. The van der Waals surface area contributed by atoms with Crippen LogP contribution in [0.25, 0.3) is 16.8 Å². The van der Waals surface area contributed by atoms with E-state index in [1.165, 1.54) is 18.4 Å². The van der Waals surface area contributed by atoms with E-state index in [0.717, 1.165) is 26.8 Å². The van der Waals surface area contributed by atoms with Gasteiger partial charge in [-0.15, -0.1) is 0 Å². The van der Waals surface area contributed by atoms with Crippen molar-refractivity contribution in [3.05, 3.63) is 52.4 Å². The van der Waals surface area contributed by atoms with E-state index < -0.39 is 11.7 Å². The first-order chi connectivity index (χ1) is 13.3. The van der Waals surface area contributed by atoms with E-state index in [2.05, 4.69) is 49.5 Å². The van der Waals surface area contributed by atoms with Crippen LogP contribution < -0.4 is 5.32 Å². The SMILES string of the molecule is CC(C)(C)OC(=O)NCc1ccc(-c2ncnn3cc(Br)cc23)cc1C1CC1. The average molecular weight is 443 g/mol. The Morgan fingerprint density at radius 3 is 2.82 bits per heavy atom. The van der Waals surface area contributed by atoms with Crippen LogP contribution >= 0.6 is 15.9 Å². The number of rotatable bonds is 4. The third-order valence-electron chi connectivity index (χ3n) is 4.63. The van der Waals surface area contributed by atoms with Gasteiger partial charge in [-0.05, 0) is 78.7 Å². The molecule has 1 saturated carbocycles. The second kappa shape index (κ2) is 7.20. The van der Waals surface area contributed by atoms with E-state index in [0.29, 0.717) is 12.5 Å². The van der Waals surface area contributed by atoms with Crippen LogP contribution in [0.3, 0.4) is 0 Å². The van der Waals surface area contributed by atoms with Gasteiger partial charge in [-0.3, -0.25) is 0 Å². The van der Waals surface area contributed by atoms with Crippen molar-refractivity contribution in [2.75, 3.05) is 0 Å². The molecule has 0 unspecified atom stereocenters. The molecule has 4 rings (SSSR count). The maximum absolute atomic E-state index is 12.0. The van der Waals surface area contributed by atoms with Gasteiger partial charge in [-0.2, -0.15) is 5.10 Å². The summed E-state index contributed by atoms with van der Waals surface area (Å²) in [6.45, 7) is 6.04. The lowest BCUT2D eigenvalue weighted by atomic mass is 9.98. The predicted octanol–water partition coefficient (Wildman–Crippen LogP) is 5.06. The van der Waals surface area contributed by atoms with E-state index in [1.54, 1.807) is 6.33 Å². The van der Waals surface area contributed by atoms with Crippen LogP contribution in [0, 0.1) is 0 Å². The first-order valence-corrected chi connectivity index (χ1v) is 10.2. The number of fused-ring (bicyclic) bond motifs is 1. The largest absolute Gasteiger partial charge is 0.444 e. The predicted molar refractivity (Wildman–Crippen MR) is 111 cm³/mol. The van der Waals surface area contributed by atoms with Gasteiger partial charge in [-0.1, -0.05) is 12.1 Å². The minimum atomic E-state index is -0.503. The van der Waals surface area contributed by atoms with Crippen molar-refractivity contribution in [3.63, 3.8) is 0 Å². The second-order valence-electron chi connectivity index (χ2n) is 8.14. The number of carbonyl (C=O) groups is 1. The lowest BCUT2D eigenvalue weighted by molar-refractivity contribution is 0.0523. The van der Waals surface area contributed by atoms with Crippen molar-refractivity contribution in [1.82, 2.24) is 19.9 Å². The Hall–Kier alpha value is -2.41. The molecule has 0 bridgehead atoms. The third kappa shape index (κ3) is 4.19. The third-order valence-corrected chi connectivity index (χ3v) is 5.06. The van der Waals surface area contributed by atoms with Crippen LogP contribution in [-0.2, 0) is 11.3 Å². The molecule has 3 aromatic rings. The van der Waals surface area contributed by atoms with Gasteiger partial charge in [0, 0.05) is 22.8 Å². The Morgan fingerprint density at radius 2 is 2.11 bits per heavy atom. The second-order valence-corrected chi connectivity index (χ2v) is 9.06. The van der Waals surface area contributed by atoms with Crippen molar-refractivity contribution < 1.29 is 9.53 Å². The fourth-order valence-electron chi connectivity index (χ4n) is 3.28. The zero-order valence-corrected chi connectivity index (χ0v) is 17.8. The summed E-state index contributed by atoms with van der Waals surface area (Å²) in [5.41, 5.74) is 4.80. The summed E-state index contributed by atoms with van der Waals surface area (Å²) in [6.07, 6.45) is 5.46. The topological polar surface area (TPSA) is 68.5 Å². The molecule has 146 valence electrons. The first-order valence-electron chi connectivity index (χ1n) is 9.39. The molecule has 1 N–H and O–H groups in total. The highest BCUT2D eigenvalue weighted by molar-refractivity contribution is 9.10. The van der Waals surface area contributed by atoms with Crippen molar-refractivity contribution in [3.8, 4) is 11.3 Å². The molecule has 0 aliphatic heterocycles. The molecule has 6 nitrogen and oxygen atoms in total. The molecule has 2 aromatic heterocycles. The van der Waals surface area contributed by atoms with Gasteiger partial charge in [0.05, 0.1) is 11.2 Å². The lowest BCUT2D eigenvalue weighted by Gasteiger charge is -2.20. The number of nitrogens with one attached hydrogen (secondary N) is 1. The number of hydrogen-bond donors (Lipinski definition) is 1. The number of aromatic nitrogens is 3. The van der Waals surface area contributed by atoms with Gasteiger partial charge in [0.15, 0.2) is 0 Å². The van der Waals surface area contributed by atoms with Crippen LogP contribution in [0.4, 0.5) is 4.79 Å². The lowest BCUT2D eigenvalue weighted by Crippen LogP contribution is -2.32. The van der Waals surface area contributed by atoms with Gasteiger partial charge >= 0.3 is 6.09 Å². The molecule has 2 heterocycles. The van der Waals surface area contributed by atoms with E-state index in [4.69, 9.17) is 4.74 Å². The maximum Gasteiger partial charge on any atom is 0.407 e. The number of benzene rings is 1. The molecule has 1 aliphatic rings. The van der Waals surface area contributed by atoms with Crippen LogP contribution in [0.1, 0.15) is 50.7 Å². The first kappa shape index (κ1) is 18.9. The quantitative estimate of drug-likeness (QED) is 0.612. The fourth-order valence-corrected chi connectivity index (χ4v) is 3.69. The summed E-state index contributed by atoms with van der Waals surface area (Å²) in [5.74, 6) is 0.548. The molecule has 1 aromatic carbocycles. The van der Waals surface area contributed by atoms with E-state index in [9.17, 15) is 4.79 Å². The standard InChI is InChI=1S/C21H23BrN4O2/c1-21(2,3)28-20(27)23-10-15-7-6-14(8-17(15)13-4-5-13)19-18-9-16(22)11-26(18)25-12-24-19/h6-9,11-13H,4-5,10H2,1-3H3,(H,23,27). The molecule has 1 fully saturated rings. The molecule has 0 atom stereocenters. The number of alkyl carbamates (subject to hydrolysis) is 1. The monoisotopic (exact) mass is 442 g/mol. The summed E-state index contributed by atoms with van der Waals surface area (Å²) >= 11 is 3.50. The van der Waals surface area contributed by atoms with Gasteiger partial charge in [-0.25, -0.2) is 14.3 Å². The Balaban J connectivity index is 1.61. The molecular formula is C21H23BrN4O2. The number of nitrogens with zero attached hydrogens (tertiary/aromatic N) is 3. The van der Waals surface area contributed by atoms with E-state index >= 15 is 0 Å². The highest BCUT2D eigenvalue weighted by atomic mass is 79.9. The van der Waals surface area contributed by atoms with Gasteiger partial charge in [0.1, 0.15) is 11.9 Å². The number of amides is 1. The zero-order chi connectivity index (χ0) is 19.9. The van der Waals surface area contributed by atoms with Crippen molar-refractivity contribution in [2.24, 2.45) is 0 Å². The molecule has 0 spiro atoms. The Bertz CT molecular complexity index is 1030. The van der Waals surface area contributed by atoms with Crippen LogP contribution in [0.2, 0.25) is 0 Å². The normalized spacial score (nSPS) is 14.3. The highest BCUT2D eigenvalue weighted by Gasteiger charge is 2.27. The summed E-state index contributed by atoms with van der Waals surface area (Å²) in [5, 5.41) is 7.14. The van der Waals surface area contributed by atoms with Crippen molar-refractivity contribution >= 4 is 27.5 Å². The summed E-state index contributed by atoms with van der Waals surface area (Å²) in [6, 6.07) is 8.36. The maximum atomic E-state index is 12.0.